The first-order valence-electron chi connectivity index (χ1n) is 35.9. The van der Waals surface area contributed by atoms with E-state index in [9.17, 15) is 0 Å². The minimum atomic E-state index is 0.984. The molecule has 0 bridgehead atoms. The van der Waals surface area contributed by atoms with Crippen LogP contribution in [0.15, 0.2) is 400 Å². The quantitative estimate of drug-likeness (QED) is 0.101. The molecule has 0 spiro atoms. The highest BCUT2D eigenvalue weighted by Gasteiger charge is 2.37. The Hall–Kier alpha value is -13.6. The van der Waals surface area contributed by atoms with E-state index < -0.39 is 0 Å². The molecule has 105 heavy (non-hydrogen) atoms. The van der Waals surface area contributed by atoms with Crippen molar-refractivity contribution in [3.63, 3.8) is 0 Å². The molecular weight excluding hydrogens is 1290 g/mol. The van der Waals surface area contributed by atoms with E-state index in [1.54, 1.807) is 11.3 Å². The van der Waals surface area contributed by atoms with Gasteiger partial charge in [0.15, 0.2) is 0 Å². The van der Waals surface area contributed by atoms with Gasteiger partial charge in [0, 0.05) is 87.5 Å². The summed E-state index contributed by atoms with van der Waals surface area (Å²) in [7, 11) is 0. The molecule has 19 rings (SSSR count). The van der Waals surface area contributed by atoms with E-state index in [1.807, 2.05) is 0 Å². The summed E-state index contributed by atoms with van der Waals surface area (Å²) >= 11 is 1.78. The van der Waals surface area contributed by atoms with Crippen LogP contribution in [0, 0.1) is 0 Å². The van der Waals surface area contributed by atoms with Gasteiger partial charge in [0.2, 0.25) is 0 Å². The van der Waals surface area contributed by atoms with Gasteiger partial charge in [0.1, 0.15) is 0 Å². The number of benzene rings is 16. The van der Waals surface area contributed by atoms with E-state index in [0.29, 0.717) is 0 Å². The second-order valence-corrected chi connectivity index (χ2v) is 27.6. The predicted octanol–water partition coefficient (Wildman–Crippen LogP) is 28.6. The summed E-state index contributed by atoms with van der Waals surface area (Å²) in [4.78, 5) is 14.7. The molecule has 0 aliphatic rings. The molecule has 3 heterocycles. The fourth-order valence-corrected chi connectivity index (χ4v) is 16.9. The van der Waals surface area contributed by atoms with Crippen molar-refractivity contribution >= 4 is 89.1 Å². The van der Waals surface area contributed by atoms with Gasteiger partial charge < -0.3 is 19.8 Å². The van der Waals surface area contributed by atoms with Crippen molar-refractivity contribution in [2.24, 2.45) is 0 Å². The predicted molar refractivity (Wildman–Crippen MR) is 447 cm³/mol. The lowest BCUT2D eigenvalue weighted by atomic mass is 9.82. The van der Waals surface area contributed by atoms with Crippen LogP contribution in [0.3, 0.4) is 0 Å². The summed E-state index contributed by atoms with van der Waals surface area (Å²) in [6.07, 6.45) is 0. The second-order valence-electron chi connectivity index (χ2n) is 26.7. The van der Waals surface area contributed by atoms with Crippen LogP contribution < -0.4 is 9.80 Å². The molecule has 0 aliphatic carbocycles. The lowest BCUT2D eigenvalue weighted by Crippen LogP contribution is -2.18. The SMILES string of the molecule is c1ccc(-c2ccccc2N(c2ccccc2-c2ccccc2)c2cc(-c3ccccc3)c(N(c3ccccc3-c3ccccc3)c3ccccc3-c3c(-c4ccccc4)c(-c4ccccc4)cc4c3[nH]c3ccccc34)c(-c3c(-c4ccccc4)ccc4c3[nH]c3ccccc34)c2-c2cccs2)cc1. The molecule has 0 fully saturated rings. The molecule has 16 aromatic carbocycles. The third-order valence-corrected chi connectivity index (χ3v) is 21.6. The van der Waals surface area contributed by atoms with Gasteiger partial charge in [0.25, 0.3) is 0 Å². The smallest absolute Gasteiger partial charge is 0.0628 e. The van der Waals surface area contributed by atoms with Crippen LogP contribution in [-0.2, 0) is 0 Å². The van der Waals surface area contributed by atoms with E-state index in [4.69, 9.17) is 0 Å². The van der Waals surface area contributed by atoms with E-state index in [1.165, 1.54) is 0 Å². The number of thiophene rings is 1. The average Bonchev–Trinajstić information content (AvgIpc) is 1.69. The molecule has 0 saturated carbocycles. The monoisotopic (exact) mass is 1360 g/mol. The fraction of sp³-hybridized carbons (Fsp3) is 0. The van der Waals surface area contributed by atoms with Crippen molar-refractivity contribution in [1.82, 2.24) is 9.97 Å². The minimum Gasteiger partial charge on any atom is -0.354 e. The van der Waals surface area contributed by atoms with Gasteiger partial charge in [-0.05, 0) is 116 Å². The highest BCUT2D eigenvalue weighted by Crippen LogP contribution is 2.62. The molecule has 19 aromatic rings. The summed E-state index contributed by atoms with van der Waals surface area (Å²) in [6, 6.07) is 145. The summed E-state index contributed by atoms with van der Waals surface area (Å²) in [5.41, 5.74) is 30.8. The first kappa shape index (κ1) is 62.4. The van der Waals surface area contributed by atoms with E-state index in [0.717, 1.165) is 188 Å². The minimum absolute atomic E-state index is 0.984. The molecular formula is C100H68N4S. The van der Waals surface area contributed by atoms with Crippen LogP contribution in [0.1, 0.15) is 0 Å². The Morgan fingerprint density at radius 1 is 0.200 bits per heavy atom. The Morgan fingerprint density at radius 3 is 1.05 bits per heavy atom. The van der Waals surface area contributed by atoms with Crippen molar-refractivity contribution in [1.29, 1.82) is 0 Å². The average molecular weight is 1360 g/mol. The highest BCUT2D eigenvalue weighted by atomic mass is 32.1. The van der Waals surface area contributed by atoms with Crippen LogP contribution in [0.25, 0.3) is 154 Å². The molecule has 0 aliphatic heterocycles. The van der Waals surface area contributed by atoms with Crippen molar-refractivity contribution in [3.05, 3.63) is 400 Å². The first-order chi connectivity index (χ1) is 52.2. The van der Waals surface area contributed by atoms with Gasteiger partial charge >= 0.3 is 0 Å². The molecule has 0 saturated heterocycles. The molecule has 0 amide bonds. The maximum absolute atomic E-state index is 4.23. The van der Waals surface area contributed by atoms with Crippen molar-refractivity contribution in [3.8, 4) is 111 Å². The summed E-state index contributed by atoms with van der Waals surface area (Å²) in [6.45, 7) is 0. The zero-order valence-electron chi connectivity index (χ0n) is 57.4. The van der Waals surface area contributed by atoms with Crippen LogP contribution in [0.5, 0.6) is 0 Å². The number of aromatic nitrogens is 2. The largest absolute Gasteiger partial charge is 0.354 e. The zero-order valence-corrected chi connectivity index (χ0v) is 58.2. The van der Waals surface area contributed by atoms with Crippen molar-refractivity contribution < 1.29 is 0 Å². The number of H-pyrrole nitrogens is 2. The summed E-state index contributed by atoms with van der Waals surface area (Å²) < 4.78 is 0. The van der Waals surface area contributed by atoms with E-state index in [2.05, 4.69) is 419 Å². The fourth-order valence-electron chi connectivity index (χ4n) is 16.1. The number of hydrogen-bond donors (Lipinski definition) is 2. The summed E-state index contributed by atoms with van der Waals surface area (Å²) in [5.74, 6) is 0. The molecule has 3 aromatic heterocycles. The van der Waals surface area contributed by atoms with Gasteiger partial charge in [-0.3, -0.25) is 0 Å². The molecule has 0 unspecified atom stereocenters. The summed E-state index contributed by atoms with van der Waals surface area (Å²) in [5, 5.41) is 6.83. The lowest BCUT2D eigenvalue weighted by Gasteiger charge is -2.38. The first-order valence-corrected chi connectivity index (χ1v) is 36.8. The van der Waals surface area contributed by atoms with Gasteiger partial charge in [-0.25, -0.2) is 0 Å². The van der Waals surface area contributed by atoms with E-state index >= 15 is 0 Å². The van der Waals surface area contributed by atoms with Gasteiger partial charge in [-0.2, -0.15) is 0 Å². The number of rotatable bonds is 16. The lowest BCUT2D eigenvalue weighted by molar-refractivity contribution is 1.26. The second kappa shape index (κ2) is 27.1. The Balaban J connectivity index is 1.07. The number of nitrogens with one attached hydrogen (secondary N) is 2. The third kappa shape index (κ3) is 11.1. The number of aromatic amines is 2. The maximum Gasteiger partial charge on any atom is 0.0628 e. The highest BCUT2D eigenvalue weighted by molar-refractivity contribution is 7.13. The number of para-hydroxylation sites is 6. The molecule has 494 valence electrons. The van der Waals surface area contributed by atoms with Crippen LogP contribution in [-0.4, -0.2) is 9.97 Å². The number of anilines is 6. The van der Waals surface area contributed by atoms with Crippen molar-refractivity contribution in [2.75, 3.05) is 9.80 Å². The normalized spacial score (nSPS) is 11.4. The number of nitrogens with zero attached hydrogens (tertiary/aromatic N) is 2. The maximum atomic E-state index is 4.23. The van der Waals surface area contributed by atoms with Crippen LogP contribution >= 0.6 is 11.3 Å². The van der Waals surface area contributed by atoms with Gasteiger partial charge in [-0.15, -0.1) is 11.3 Å². The van der Waals surface area contributed by atoms with Gasteiger partial charge in [0.05, 0.1) is 45.2 Å². The topological polar surface area (TPSA) is 38.1 Å². The Labute approximate surface area is 615 Å². The van der Waals surface area contributed by atoms with Crippen LogP contribution in [0.4, 0.5) is 34.1 Å². The third-order valence-electron chi connectivity index (χ3n) is 20.7. The molecule has 0 atom stereocenters. The number of hydrogen-bond acceptors (Lipinski definition) is 3. The molecule has 4 nitrogen and oxygen atoms in total. The van der Waals surface area contributed by atoms with Crippen molar-refractivity contribution in [2.45, 2.75) is 0 Å². The molecule has 0 radical (unpaired) electrons. The van der Waals surface area contributed by atoms with Crippen LogP contribution in [0.2, 0.25) is 0 Å². The Morgan fingerprint density at radius 2 is 0.571 bits per heavy atom. The number of fused-ring (bicyclic) bond motifs is 6. The van der Waals surface area contributed by atoms with Gasteiger partial charge in [-0.1, -0.05) is 340 Å². The Kier molecular flexibility index (Phi) is 16.1. The zero-order chi connectivity index (χ0) is 69.6. The molecule has 2 N–H and O–H groups in total. The standard InChI is InChI=1S/C100H68N4S/c1-8-35-67(36-9-1)74-49-24-30-57-87(74)103(88-58-31-25-50-75(88)68-37-10-2-11-38-68)91-66-83(72-45-18-6-19-46-72)100(97(96(91)92-61-34-64-105-92)94-77(70-41-14-4-15-42-70)62-63-80-78-52-22-28-55-85(78)101-98(80)94)104(89-59-32-26-51-76(89)69-39-12-3-13-40-69)90-60-33-27-54-81(90)95-93(73-47-20-7-21-48-73)82(71-43-16-5-17-44-71)65-84-79-53-23-29-56-86(79)102-99(84)95/h1-66,101-102H. The molecule has 5 heteroatoms. The Bertz CT molecular complexity index is 6290. The van der Waals surface area contributed by atoms with E-state index in [-0.39, 0.29) is 0 Å².